The maximum atomic E-state index is 13.6. The van der Waals surface area contributed by atoms with Gasteiger partial charge in [0.1, 0.15) is 28.1 Å². The average Bonchev–Trinajstić information content (AvgIpc) is 3.24. The number of nitrogens with zero attached hydrogens (tertiary/aromatic N) is 1. The van der Waals surface area contributed by atoms with Crippen LogP contribution in [0.1, 0.15) is 12.0 Å². The van der Waals surface area contributed by atoms with Crippen molar-refractivity contribution in [3.63, 3.8) is 0 Å². The number of phenolic OH excluding ortho intramolecular Hbond substituents is 1. The van der Waals surface area contributed by atoms with Crippen molar-refractivity contribution in [1.82, 2.24) is 4.90 Å². The molecule has 29 heavy (non-hydrogen) atoms. The fraction of sp³-hybridized carbons (Fsp3) is 0.286. The summed E-state index contributed by atoms with van der Waals surface area (Å²) in [6.07, 6.45) is -0.232. The standard InChI is InChI=1S/C21H17F2NO5/c1-27-11-2-3-12-16(8-11)29-20(26)18-17-13(9-24-7-6-21(22,23)10-24)14(25)4-5-15(17)28-19(12)18/h2-5,8,25H,6-7,9-10H2,1H3. The van der Waals surface area contributed by atoms with Crippen LogP contribution in [0, 0.1) is 0 Å². The van der Waals surface area contributed by atoms with Crippen molar-refractivity contribution in [2.45, 2.75) is 18.9 Å². The van der Waals surface area contributed by atoms with Gasteiger partial charge in [0.05, 0.1) is 19.0 Å². The lowest BCUT2D eigenvalue weighted by molar-refractivity contribution is 0.0115. The van der Waals surface area contributed by atoms with Crippen molar-refractivity contribution >= 4 is 32.9 Å². The van der Waals surface area contributed by atoms with E-state index in [0.29, 0.717) is 38.8 Å². The molecular weight excluding hydrogens is 384 g/mol. The van der Waals surface area contributed by atoms with Crippen LogP contribution in [-0.2, 0) is 6.54 Å². The molecule has 5 rings (SSSR count). The monoisotopic (exact) mass is 401 g/mol. The molecule has 6 nitrogen and oxygen atoms in total. The van der Waals surface area contributed by atoms with Gasteiger partial charge in [-0.3, -0.25) is 4.90 Å². The zero-order valence-corrected chi connectivity index (χ0v) is 15.5. The summed E-state index contributed by atoms with van der Waals surface area (Å²) < 4.78 is 43.8. The number of fused-ring (bicyclic) bond motifs is 5. The Bertz CT molecular complexity index is 1320. The molecule has 0 radical (unpaired) electrons. The van der Waals surface area contributed by atoms with E-state index in [1.54, 1.807) is 29.2 Å². The number of benzene rings is 2. The predicted molar refractivity (Wildman–Crippen MR) is 103 cm³/mol. The lowest BCUT2D eigenvalue weighted by Crippen LogP contribution is -2.25. The summed E-state index contributed by atoms with van der Waals surface area (Å²) in [4.78, 5) is 14.3. The highest BCUT2D eigenvalue weighted by Crippen LogP contribution is 2.39. The lowest BCUT2D eigenvalue weighted by atomic mass is 10.0. The molecule has 0 amide bonds. The first-order valence-electron chi connectivity index (χ1n) is 9.14. The maximum Gasteiger partial charge on any atom is 0.348 e. The van der Waals surface area contributed by atoms with Crippen LogP contribution in [0.4, 0.5) is 8.78 Å². The van der Waals surface area contributed by atoms with Gasteiger partial charge in [0.2, 0.25) is 0 Å². The van der Waals surface area contributed by atoms with Crippen molar-refractivity contribution in [2.75, 3.05) is 20.2 Å². The fourth-order valence-corrected chi connectivity index (χ4v) is 4.01. The summed E-state index contributed by atoms with van der Waals surface area (Å²) >= 11 is 0. The first kappa shape index (κ1) is 17.9. The highest BCUT2D eigenvalue weighted by Gasteiger charge is 2.38. The Morgan fingerprint density at radius 1 is 1.17 bits per heavy atom. The van der Waals surface area contributed by atoms with E-state index in [9.17, 15) is 18.7 Å². The third kappa shape index (κ3) is 2.82. The number of aromatic hydroxyl groups is 1. The van der Waals surface area contributed by atoms with Gasteiger partial charge in [0.25, 0.3) is 5.92 Å². The number of hydrogen-bond donors (Lipinski definition) is 1. The van der Waals surface area contributed by atoms with Gasteiger partial charge >= 0.3 is 5.63 Å². The minimum Gasteiger partial charge on any atom is -0.508 e. The van der Waals surface area contributed by atoms with Crippen molar-refractivity contribution < 1.29 is 27.5 Å². The van der Waals surface area contributed by atoms with Gasteiger partial charge in [-0.15, -0.1) is 0 Å². The predicted octanol–water partition coefficient (Wildman–Crippen LogP) is 4.25. The molecule has 0 atom stereocenters. The number of likely N-dealkylation sites (tertiary alicyclic amines) is 1. The van der Waals surface area contributed by atoms with Gasteiger partial charge in [0.15, 0.2) is 5.58 Å². The molecule has 1 fully saturated rings. The summed E-state index contributed by atoms with van der Waals surface area (Å²) in [7, 11) is 1.51. The smallest absolute Gasteiger partial charge is 0.348 e. The van der Waals surface area contributed by atoms with Crippen LogP contribution in [0.2, 0.25) is 0 Å². The fourth-order valence-electron chi connectivity index (χ4n) is 4.01. The van der Waals surface area contributed by atoms with Crippen LogP contribution in [0.5, 0.6) is 11.5 Å². The van der Waals surface area contributed by atoms with Gasteiger partial charge in [-0.2, -0.15) is 0 Å². The van der Waals surface area contributed by atoms with Crippen molar-refractivity contribution in [1.29, 1.82) is 0 Å². The van der Waals surface area contributed by atoms with E-state index in [1.165, 1.54) is 13.2 Å². The van der Waals surface area contributed by atoms with Gasteiger partial charge in [0, 0.05) is 36.5 Å². The van der Waals surface area contributed by atoms with Crippen LogP contribution in [0.25, 0.3) is 32.9 Å². The van der Waals surface area contributed by atoms with Crippen LogP contribution in [0.3, 0.4) is 0 Å². The molecule has 0 aliphatic carbocycles. The number of halogens is 2. The molecule has 1 saturated heterocycles. The number of hydrogen-bond acceptors (Lipinski definition) is 6. The maximum absolute atomic E-state index is 13.6. The number of ether oxygens (including phenoxy) is 1. The number of phenols is 1. The van der Waals surface area contributed by atoms with Gasteiger partial charge in [-0.1, -0.05) is 0 Å². The molecule has 0 unspecified atom stereocenters. The largest absolute Gasteiger partial charge is 0.508 e. The molecular formula is C21H17F2NO5. The van der Waals surface area contributed by atoms with Gasteiger partial charge in [-0.05, 0) is 24.3 Å². The summed E-state index contributed by atoms with van der Waals surface area (Å²) in [5, 5.41) is 11.6. The van der Waals surface area contributed by atoms with Crippen LogP contribution in [0.15, 0.2) is 44.0 Å². The normalized spacial score (nSPS) is 16.9. The summed E-state index contributed by atoms with van der Waals surface area (Å²) in [5.74, 6) is -2.30. The molecule has 0 spiro atoms. The second kappa shape index (κ2) is 6.18. The molecule has 2 aromatic heterocycles. The van der Waals surface area contributed by atoms with E-state index >= 15 is 0 Å². The molecule has 150 valence electrons. The van der Waals surface area contributed by atoms with Gasteiger partial charge < -0.3 is 18.7 Å². The molecule has 1 aliphatic heterocycles. The molecule has 1 aliphatic rings. The third-order valence-electron chi connectivity index (χ3n) is 5.41. The third-order valence-corrected chi connectivity index (χ3v) is 5.41. The highest BCUT2D eigenvalue weighted by atomic mass is 19.3. The second-order valence-electron chi connectivity index (χ2n) is 7.31. The number of methoxy groups -OCH3 is 1. The van der Waals surface area contributed by atoms with E-state index in [1.807, 2.05) is 0 Å². The second-order valence-corrected chi connectivity index (χ2v) is 7.31. The van der Waals surface area contributed by atoms with E-state index in [4.69, 9.17) is 13.6 Å². The summed E-state index contributed by atoms with van der Waals surface area (Å²) in [5.41, 5.74) is 0.768. The Labute approximate surface area is 162 Å². The van der Waals surface area contributed by atoms with E-state index in [-0.39, 0.29) is 30.6 Å². The van der Waals surface area contributed by atoms with Crippen molar-refractivity contribution in [3.8, 4) is 11.5 Å². The quantitative estimate of drug-likeness (QED) is 0.518. The van der Waals surface area contributed by atoms with Crippen molar-refractivity contribution in [3.05, 3.63) is 46.3 Å². The van der Waals surface area contributed by atoms with E-state index in [0.717, 1.165) is 0 Å². The zero-order chi connectivity index (χ0) is 20.3. The molecule has 0 saturated carbocycles. The van der Waals surface area contributed by atoms with Crippen LogP contribution in [-0.4, -0.2) is 36.1 Å². The summed E-state index contributed by atoms with van der Waals surface area (Å²) in [6.45, 7) is -0.112. The topological polar surface area (TPSA) is 76.0 Å². The average molecular weight is 401 g/mol. The Morgan fingerprint density at radius 3 is 2.72 bits per heavy atom. The number of alkyl halides is 2. The highest BCUT2D eigenvalue weighted by molar-refractivity contribution is 6.14. The first-order valence-corrected chi connectivity index (χ1v) is 9.14. The minimum atomic E-state index is -2.75. The van der Waals surface area contributed by atoms with Crippen LogP contribution >= 0.6 is 0 Å². The Hall–Kier alpha value is -3.13. The molecule has 1 N–H and O–H groups in total. The lowest BCUT2D eigenvalue weighted by Gasteiger charge is -2.17. The van der Waals surface area contributed by atoms with E-state index in [2.05, 4.69) is 0 Å². The zero-order valence-electron chi connectivity index (χ0n) is 15.5. The first-order chi connectivity index (χ1) is 13.9. The molecule has 2 aromatic carbocycles. The number of furan rings is 1. The number of rotatable bonds is 3. The molecule has 4 aromatic rings. The molecule has 0 bridgehead atoms. The Morgan fingerprint density at radius 2 is 2.00 bits per heavy atom. The van der Waals surface area contributed by atoms with Crippen molar-refractivity contribution in [2.24, 2.45) is 0 Å². The van der Waals surface area contributed by atoms with E-state index < -0.39 is 18.1 Å². The van der Waals surface area contributed by atoms with Gasteiger partial charge in [-0.25, -0.2) is 13.6 Å². The Balaban J connectivity index is 1.76. The summed E-state index contributed by atoms with van der Waals surface area (Å²) in [6, 6.07) is 8.04. The molecule has 8 heteroatoms. The Kier molecular flexibility index (Phi) is 3.82. The SMILES string of the molecule is COc1ccc2c(c1)oc(=O)c1c2oc2ccc(O)c(CN3CCC(F)(F)C3)c21. The van der Waals surface area contributed by atoms with Crippen LogP contribution < -0.4 is 10.4 Å². The minimum absolute atomic E-state index is 0.0769. The molecule has 3 heterocycles.